The summed E-state index contributed by atoms with van der Waals surface area (Å²) in [6.07, 6.45) is 12.9. The smallest absolute Gasteiger partial charge is 0.309 e. The minimum Gasteiger partial charge on any atom is -0.481 e. The molecule has 0 saturated heterocycles. The van der Waals surface area contributed by atoms with Crippen LogP contribution >= 0.6 is 0 Å². The van der Waals surface area contributed by atoms with Crippen molar-refractivity contribution < 1.29 is 19.4 Å². The summed E-state index contributed by atoms with van der Waals surface area (Å²) in [6, 6.07) is 0. The van der Waals surface area contributed by atoms with Crippen LogP contribution in [-0.2, 0) is 14.3 Å². The van der Waals surface area contributed by atoms with Crippen molar-refractivity contribution in [3.8, 4) is 0 Å². The van der Waals surface area contributed by atoms with E-state index in [1.54, 1.807) is 0 Å². The highest BCUT2D eigenvalue weighted by atomic mass is 16.5. The minimum absolute atomic E-state index is 0.192. The van der Waals surface area contributed by atoms with E-state index in [0.717, 1.165) is 43.4 Å². The van der Waals surface area contributed by atoms with Crippen LogP contribution < -0.4 is 0 Å². The zero-order valence-electron chi connectivity index (χ0n) is 23.2. The average Bonchev–Trinajstić information content (AvgIpc) is 3.19. The van der Waals surface area contributed by atoms with Crippen molar-refractivity contribution in [2.24, 2.45) is 63.1 Å². The van der Waals surface area contributed by atoms with Crippen LogP contribution in [0.3, 0.4) is 0 Å². The number of ether oxygens (including phenoxy) is 1. The maximum atomic E-state index is 12.9. The number of aliphatic carboxylic acids is 1. The molecule has 0 bridgehead atoms. The average molecular weight is 487 g/mol. The summed E-state index contributed by atoms with van der Waals surface area (Å²) in [7, 11) is 0. The summed E-state index contributed by atoms with van der Waals surface area (Å²) in [5, 5.41) is 10.6. The fourth-order valence-corrected chi connectivity index (χ4v) is 11.7. The van der Waals surface area contributed by atoms with E-state index in [0.29, 0.717) is 23.9 Å². The van der Waals surface area contributed by atoms with Gasteiger partial charge in [0.05, 0.1) is 12.0 Å². The topological polar surface area (TPSA) is 63.6 Å². The molecule has 5 aliphatic rings. The first-order chi connectivity index (χ1) is 16.4. The fraction of sp³-hybridized carbons (Fsp3) is 0.935. The molecule has 35 heavy (non-hydrogen) atoms. The molecule has 198 valence electrons. The standard InChI is InChI=1S/C31H50O4/c1-19-8-7-13-28(4)23(19)12-14-30(6)25(28)10-9-24-26-22(20(2)18-35-21(3)32)11-15-31(26,27(33)34)17-16-29(24,30)5/h19-20,22-26H,7-18H2,1-6H3,(H,33,34)/t19?,20?,22?,23?,24?,25?,26?,28?,29-,30?,31?/m1/s1. The largest absolute Gasteiger partial charge is 0.481 e. The summed E-state index contributed by atoms with van der Waals surface area (Å²) >= 11 is 0. The van der Waals surface area contributed by atoms with Crippen LogP contribution in [0.1, 0.15) is 112 Å². The predicted octanol–water partition coefficient (Wildman–Crippen LogP) is 7.35. The quantitative estimate of drug-likeness (QED) is 0.422. The van der Waals surface area contributed by atoms with E-state index in [4.69, 9.17) is 4.74 Å². The lowest BCUT2D eigenvalue weighted by Crippen LogP contribution is -2.65. The number of hydrogen-bond acceptors (Lipinski definition) is 3. The summed E-state index contributed by atoms with van der Waals surface area (Å²) < 4.78 is 5.45. The Hall–Kier alpha value is -1.06. The third-order valence-corrected chi connectivity index (χ3v) is 13.6. The van der Waals surface area contributed by atoms with E-state index in [-0.39, 0.29) is 28.6 Å². The highest BCUT2D eigenvalue weighted by Gasteiger charge is 2.71. The van der Waals surface area contributed by atoms with Crippen molar-refractivity contribution >= 4 is 11.9 Å². The lowest BCUT2D eigenvalue weighted by Gasteiger charge is -2.71. The Bertz CT molecular complexity index is 868. The van der Waals surface area contributed by atoms with Crippen molar-refractivity contribution in [1.82, 2.24) is 0 Å². The zero-order valence-corrected chi connectivity index (χ0v) is 23.2. The molecule has 0 aromatic heterocycles. The summed E-state index contributed by atoms with van der Waals surface area (Å²) in [5.41, 5.74) is 0.341. The molecule has 0 aliphatic heterocycles. The molecule has 0 spiro atoms. The van der Waals surface area contributed by atoms with Gasteiger partial charge in [-0.2, -0.15) is 0 Å². The van der Waals surface area contributed by atoms with Crippen molar-refractivity contribution in [1.29, 1.82) is 0 Å². The van der Waals surface area contributed by atoms with Gasteiger partial charge >= 0.3 is 11.9 Å². The van der Waals surface area contributed by atoms with Gasteiger partial charge in [-0.1, -0.05) is 47.5 Å². The first kappa shape index (κ1) is 25.6. The van der Waals surface area contributed by atoms with Crippen LogP contribution in [0.2, 0.25) is 0 Å². The van der Waals surface area contributed by atoms with E-state index < -0.39 is 11.4 Å². The molecular weight excluding hydrogens is 436 g/mol. The van der Waals surface area contributed by atoms with Gasteiger partial charge in [0.2, 0.25) is 0 Å². The van der Waals surface area contributed by atoms with E-state index >= 15 is 0 Å². The molecule has 5 rings (SSSR count). The number of fused-ring (bicyclic) bond motifs is 7. The first-order valence-corrected chi connectivity index (χ1v) is 14.8. The van der Waals surface area contributed by atoms with Gasteiger partial charge in [0, 0.05) is 6.92 Å². The summed E-state index contributed by atoms with van der Waals surface area (Å²) in [6.45, 7) is 14.5. The molecule has 0 radical (unpaired) electrons. The second-order valence-corrected chi connectivity index (χ2v) is 14.6. The third-order valence-electron chi connectivity index (χ3n) is 13.6. The number of carbonyl (C=O) groups is 2. The van der Waals surface area contributed by atoms with Gasteiger partial charge in [0.15, 0.2) is 0 Å². The molecule has 5 fully saturated rings. The second-order valence-electron chi connectivity index (χ2n) is 14.6. The van der Waals surface area contributed by atoms with Crippen molar-refractivity contribution in [3.63, 3.8) is 0 Å². The van der Waals surface area contributed by atoms with Crippen LogP contribution in [-0.4, -0.2) is 23.7 Å². The molecule has 0 aromatic carbocycles. The van der Waals surface area contributed by atoms with Crippen molar-refractivity contribution in [2.75, 3.05) is 6.61 Å². The molecular formula is C31H50O4. The third kappa shape index (κ3) is 3.43. The Balaban J connectivity index is 1.51. The number of rotatable bonds is 4. The highest BCUT2D eigenvalue weighted by molar-refractivity contribution is 5.76. The Labute approximate surface area is 213 Å². The van der Waals surface area contributed by atoms with Crippen LogP contribution in [0.15, 0.2) is 0 Å². The van der Waals surface area contributed by atoms with Gasteiger partial charge in [-0.05, 0) is 115 Å². The molecule has 0 amide bonds. The molecule has 4 nitrogen and oxygen atoms in total. The van der Waals surface area contributed by atoms with Gasteiger partial charge in [-0.25, -0.2) is 0 Å². The second kappa shape index (κ2) is 8.48. The van der Waals surface area contributed by atoms with Gasteiger partial charge in [-0.3, -0.25) is 9.59 Å². The molecule has 10 unspecified atom stereocenters. The van der Waals surface area contributed by atoms with Crippen molar-refractivity contribution in [3.05, 3.63) is 0 Å². The Morgan fingerprint density at radius 2 is 1.66 bits per heavy atom. The summed E-state index contributed by atoms with van der Waals surface area (Å²) in [4.78, 5) is 24.5. The van der Waals surface area contributed by atoms with E-state index in [9.17, 15) is 14.7 Å². The lowest BCUT2D eigenvalue weighted by atomic mass is 9.33. The van der Waals surface area contributed by atoms with Gasteiger partial charge in [0.1, 0.15) is 0 Å². The number of carboxylic acids is 1. The molecule has 1 N–H and O–H groups in total. The molecule has 0 aromatic rings. The van der Waals surface area contributed by atoms with Crippen molar-refractivity contribution in [2.45, 2.75) is 112 Å². The predicted molar refractivity (Wildman–Crippen MR) is 138 cm³/mol. The maximum absolute atomic E-state index is 12.9. The van der Waals surface area contributed by atoms with E-state index in [2.05, 4.69) is 34.6 Å². The van der Waals surface area contributed by atoms with Gasteiger partial charge in [-0.15, -0.1) is 0 Å². The Morgan fingerprint density at radius 3 is 2.34 bits per heavy atom. The molecule has 4 heteroatoms. The summed E-state index contributed by atoms with van der Waals surface area (Å²) in [5.74, 6) is 2.88. The van der Waals surface area contributed by atoms with Crippen LogP contribution in [0.25, 0.3) is 0 Å². The monoisotopic (exact) mass is 486 g/mol. The minimum atomic E-state index is -0.580. The SMILES string of the molecule is CC(=O)OCC(C)C1CCC2(C(=O)O)CC[C@]3(C)C(CCC4C5(C)CCCC(C)C5CCC43C)C12. The molecule has 5 saturated carbocycles. The Kier molecular flexibility index (Phi) is 6.20. The van der Waals surface area contributed by atoms with Crippen LogP contribution in [0.5, 0.6) is 0 Å². The zero-order chi connectivity index (χ0) is 25.4. The van der Waals surface area contributed by atoms with Gasteiger partial charge < -0.3 is 9.84 Å². The number of carbonyl (C=O) groups excluding carboxylic acids is 1. The lowest BCUT2D eigenvalue weighted by molar-refractivity contribution is -0.233. The molecule has 11 atom stereocenters. The van der Waals surface area contributed by atoms with Crippen LogP contribution in [0, 0.1) is 63.1 Å². The molecule has 5 aliphatic carbocycles. The molecule has 0 heterocycles. The highest BCUT2D eigenvalue weighted by Crippen LogP contribution is 2.76. The first-order valence-electron chi connectivity index (χ1n) is 14.8. The number of hydrogen-bond donors (Lipinski definition) is 1. The van der Waals surface area contributed by atoms with E-state index in [1.165, 1.54) is 51.9 Å². The van der Waals surface area contributed by atoms with Gasteiger partial charge in [0.25, 0.3) is 0 Å². The maximum Gasteiger partial charge on any atom is 0.309 e. The Morgan fingerprint density at radius 1 is 0.914 bits per heavy atom. The normalized spacial score (nSPS) is 51.8. The number of esters is 1. The fourth-order valence-electron chi connectivity index (χ4n) is 11.7. The van der Waals surface area contributed by atoms with E-state index in [1.807, 2.05) is 0 Å². The van der Waals surface area contributed by atoms with Crippen LogP contribution in [0.4, 0.5) is 0 Å². The number of carboxylic acid groups (broad SMARTS) is 1.